The molecule has 0 aliphatic heterocycles. The van der Waals surface area contributed by atoms with E-state index in [0.717, 1.165) is 11.4 Å². The number of nitrogens with zero attached hydrogens (tertiary/aromatic N) is 3. The zero-order valence-corrected chi connectivity index (χ0v) is 9.78. The summed E-state index contributed by atoms with van der Waals surface area (Å²) in [5.41, 5.74) is 6.85. The molecule has 5 heteroatoms. The maximum Gasteiger partial charge on any atom is 0.119 e. The number of aryl methyl sites for hydroxylation is 1. The van der Waals surface area contributed by atoms with E-state index in [1.165, 1.54) is 0 Å². The summed E-state index contributed by atoms with van der Waals surface area (Å²) in [6, 6.07) is 9.57. The molecule has 1 atom stereocenters. The number of para-hydroxylation sites is 1. The molecule has 0 saturated heterocycles. The Kier molecular flexibility index (Phi) is 3.72. The molecule has 0 aliphatic carbocycles. The van der Waals surface area contributed by atoms with Crippen molar-refractivity contribution in [3.63, 3.8) is 0 Å². The number of nitrogens with two attached hydrogens (primary N) is 1. The fourth-order valence-electron chi connectivity index (χ4n) is 1.54. The molecule has 5 nitrogen and oxygen atoms in total. The van der Waals surface area contributed by atoms with Gasteiger partial charge in [0, 0.05) is 25.7 Å². The maximum atomic E-state index is 5.96. The van der Waals surface area contributed by atoms with Crippen LogP contribution in [0.5, 0.6) is 5.75 Å². The van der Waals surface area contributed by atoms with Gasteiger partial charge < -0.3 is 10.5 Å². The van der Waals surface area contributed by atoms with E-state index in [2.05, 4.69) is 10.3 Å². The predicted octanol–water partition coefficient (Wildman–Crippen LogP) is 0.764. The van der Waals surface area contributed by atoms with Crippen LogP contribution in [0.1, 0.15) is 5.69 Å². The topological polar surface area (TPSA) is 66.0 Å². The monoisotopic (exact) mass is 232 g/mol. The van der Waals surface area contributed by atoms with Crippen molar-refractivity contribution >= 4 is 0 Å². The highest BCUT2D eigenvalue weighted by Gasteiger charge is 2.07. The zero-order valence-electron chi connectivity index (χ0n) is 9.78. The molecule has 0 spiro atoms. The molecule has 2 rings (SSSR count). The maximum absolute atomic E-state index is 5.96. The SMILES string of the molecule is Cn1cc(CC(N)COc2ccccc2)nn1. The molecule has 1 heterocycles. The van der Waals surface area contributed by atoms with Gasteiger partial charge in [-0.05, 0) is 12.1 Å². The van der Waals surface area contributed by atoms with Crippen molar-refractivity contribution < 1.29 is 4.74 Å². The van der Waals surface area contributed by atoms with Crippen molar-refractivity contribution in [3.8, 4) is 5.75 Å². The first-order valence-electron chi connectivity index (χ1n) is 5.52. The summed E-state index contributed by atoms with van der Waals surface area (Å²) in [6.45, 7) is 0.473. The van der Waals surface area contributed by atoms with Crippen molar-refractivity contribution in [2.24, 2.45) is 12.8 Å². The average molecular weight is 232 g/mol. The third-order valence-corrected chi connectivity index (χ3v) is 2.33. The van der Waals surface area contributed by atoms with Crippen LogP contribution in [0.2, 0.25) is 0 Å². The number of hydrogen-bond acceptors (Lipinski definition) is 4. The van der Waals surface area contributed by atoms with Gasteiger partial charge in [-0.15, -0.1) is 5.10 Å². The van der Waals surface area contributed by atoms with Crippen LogP contribution in [-0.4, -0.2) is 27.6 Å². The van der Waals surface area contributed by atoms with E-state index < -0.39 is 0 Å². The first kappa shape index (κ1) is 11.6. The van der Waals surface area contributed by atoms with Crippen molar-refractivity contribution in [1.29, 1.82) is 0 Å². The molecule has 0 fully saturated rings. The van der Waals surface area contributed by atoms with Gasteiger partial charge in [-0.3, -0.25) is 4.68 Å². The molecular weight excluding hydrogens is 216 g/mol. The van der Waals surface area contributed by atoms with Gasteiger partial charge in [0.25, 0.3) is 0 Å². The highest BCUT2D eigenvalue weighted by Crippen LogP contribution is 2.08. The molecule has 0 bridgehead atoms. The Morgan fingerprint density at radius 3 is 2.76 bits per heavy atom. The fourth-order valence-corrected chi connectivity index (χ4v) is 1.54. The number of ether oxygens (including phenoxy) is 1. The molecule has 1 aromatic heterocycles. The minimum Gasteiger partial charge on any atom is -0.492 e. The molecule has 0 amide bonds. The quantitative estimate of drug-likeness (QED) is 0.826. The Bertz CT molecular complexity index is 455. The first-order valence-corrected chi connectivity index (χ1v) is 5.52. The normalized spacial score (nSPS) is 12.4. The van der Waals surface area contributed by atoms with Crippen LogP contribution < -0.4 is 10.5 Å². The third-order valence-electron chi connectivity index (χ3n) is 2.33. The Morgan fingerprint density at radius 1 is 1.35 bits per heavy atom. The van der Waals surface area contributed by atoms with E-state index in [-0.39, 0.29) is 6.04 Å². The van der Waals surface area contributed by atoms with E-state index in [1.54, 1.807) is 4.68 Å². The number of aromatic nitrogens is 3. The molecule has 1 aromatic carbocycles. The lowest BCUT2D eigenvalue weighted by Crippen LogP contribution is -2.30. The molecule has 2 N–H and O–H groups in total. The van der Waals surface area contributed by atoms with E-state index >= 15 is 0 Å². The summed E-state index contributed by atoms with van der Waals surface area (Å²) in [6.07, 6.45) is 2.53. The van der Waals surface area contributed by atoms with Crippen LogP contribution >= 0.6 is 0 Å². The minimum absolute atomic E-state index is 0.0769. The Balaban J connectivity index is 1.80. The van der Waals surface area contributed by atoms with Gasteiger partial charge in [0.1, 0.15) is 12.4 Å². The van der Waals surface area contributed by atoms with Crippen molar-refractivity contribution in [2.45, 2.75) is 12.5 Å². The zero-order chi connectivity index (χ0) is 12.1. The van der Waals surface area contributed by atoms with Crippen molar-refractivity contribution in [1.82, 2.24) is 15.0 Å². The number of hydrogen-bond donors (Lipinski definition) is 1. The number of benzene rings is 1. The second-order valence-corrected chi connectivity index (χ2v) is 3.97. The summed E-state index contributed by atoms with van der Waals surface area (Å²) in [5, 5.41) is 7.85. The molecule has 0 radical (unpaired) electrons. The summed E-state index contributed by atoms with van der Waals surface area (Å²) >= 11 is 0. The lowest BCUT2D eigenvalue weighted by atomic mass is 10.2. The molecular formula is C12H16N4O. The summed E-state index contributed by atoms with van der Waals surface area (Å²) < 4.78 is 7.23. The Morgan fingerprint density at radius 2 is 2.12 bits per heavy atom. The first-order chi connectivity index (χ1) is 8.24. The van der Waals surface area contributed by atoms with E-state index in [4.69, 9.17) is 10.5 Å². The largest absolute Gasteiger partial charge is 0.492 e. The summed E-state index contributed by atoms with van der Waals surface area (Å²) in [4.78, 5) is 0. The van der Waals surface area contributed by atoms with Gasteiger partial charge in [0.15, 0.2) is 0 Å². The van der Waals surface area contributed by atoms with Crippen LogP contribution in [0, 0.1) is 0 Å². The molecule has 0 saturated carbocycles. The van der Waals surface area contributed by atoms with Gasteiger partial charge in [0.05, 0.1) is 5.69 Å². The van der Waals surface area contributed by atoms with E-state index in [9.17, 15) is 0 Å². The third kappa shape index (κ3) is 3.57. The van der Waals surface area contributed by atoms with Crippen LogP contribution in [0.4, 0.5) is 0 Å². The summed E-state index contributed by atoms with van der Waals surface area (Å²) in [5.74, 6) is 0.835. The van der Waals surface area contributed by atoms with E-state index in [1.807, 2.05) is 43.6 Å². The Hall–Kier alpha value is -1.88. The fraction of sp³-hybridized carbons (Fsp3) is 0.333. The van der Waals surface area contributed by atoms with Crippen molar-refractivity contribution in [2.75, 3.05) is 6.61 Å². The second kappa shape index (κ2) is 5.45. The lowest BCUT2D eigenvalue weighted by Gasteiger charge is -2.11. The van der Waals surface area contributed by atoms with Crippen LogP contribution in [0.25, 0.3) is 0 Å². The molecule has 90 valence electrons. The van der Waals surface area contributed by atoms with Gasteiger partial charge in [-0.2, -0.15) is 0 Å². The molecule has 2 aromatic rings. The van der Waals surface area contributed by atoms with Crippen LogP contribution in [0.15, 0.2) is 36.5 Å². The van der Waals surface area contributed by atoms with Gasteiger partial charge in [-0.1, -0.05) is 23.4 Å². The molecule has 0 aliphatic rings. The highest BCUT2D eigenvalue weighted by molar-refractivity contribution is 5.20. The van der Waals surface area contributed by atoms with Gasteiger partial charge >= 0.3 is 0 Å². The molecule has 17 heavy (non-hydrogen) atoms. The highest BCUT2D eigenvalue weighted by atomic mass is 16.5. The van der Waals surface area contributed by atoms with Crippen LogP contribution in [0.3, 0.4) is 0 Å². The Labute approximate surface area is 100 Å². The smallest absolute Gasteiger partial charge is 0.119 e. The number of rotatable bonds is 5. The van der Waals surface area contributed by atoms with E-state index in [0.29, 0.717) is 13.0 Å². The summed E-state index contributed by atoms with van der Waals surface area (Å²) in [7, 11) is 1.84. The average Bonchev–Trinajstić information content (AvgIpc) is 2.73. The lowest BCUT2D eigenvalue weighted by molar-refractivity contribution is 0.287. The second-order valence-electron chi connectivity index (χ2n) is 3.97. The van der Waals surface area contributed by atoms with Crippen molar-refractivity contribution in [3.05, 3.63) is 42.2 Å². The van der Waals surface area contributed by atoms with Crippen LogP contribution in [-0.2, 0) is 13.5 Å². The van der Waals surface area contributed by atoms with Gasteiger partial charge in [0.2, 0.25) is 0 Å². The van der Waals surface area contributed by atoms with Gasteiger partial charge in [-0.25, -0.2) is 0 Å². The standard InChI is InChI=1S/C12H16N4O/c1-16-8-11(14-15-16)7-10(13)9-17-12-5-3-2-4-6-12/h2-6,8,10H,7,9,13H2,1H3. The molecule has 1 unspecified atom stereocenters. The predicted molar refractivity (Wildman–Crippen MR) is 64.6 cm³/mol. The minimum atomic E-state index is -0.0769.